The molecule has 0 unspecified atom stereocenters. The first-order valence-corrected chi connectivity index (χ1v) is 6.85. The van der Waals surface area contributed by atoms with Crippen molar-refractivity contribution in [3.63, 3.8) is 0 Å². The zero-order chi connectivity index (χ0) is 15.1. The predicted molar refractivity (Wildman–Crippen MR) is 74.6 cm³/mol. The van der Waals surface area contributed by atoms with E-state index < -0.39 is 0 Å². The van der Waals surface area contributed by atoms with Crippen LogP contribution in [-0.4, -0.2) is 42.4 Å². The van der Waals surface area contributed by atoms with Crippen LogP contribution in [0.2, 0.25) is 5.02 Å². The van der Waals surface area contributed by atoms with Gasteiger partial charge >= 0.3 is 0 Å². The van der Waals surface area contributed by atoms with E-state index in [0.717, 1.165) is 5.56 Å². The summed E-state index contributed by atoms with van der Waals surface area (Å²) in [5.41, 5.74) is 1.34. The molecule has 0 saturated carbocycles. The zero-order valence-corrected chi connectivity index (χ0v) is 12.2. The van der Waals surface area contributed by atoms with E-state index in [-0.39, 0.29) is 12.8 Å². The molecule has 22 heavy (non-hydrogen) atoms. The summed E-state index contributed by atoms with van der Waals surface area (Å²) in [5, 5.41) is 22.6. The number of benzene rings is 1. The Kier molecular flexibility index (Phi) is 2.93. The molecule has 3 aromatic rings. The van der Waals surface area contributed by atoms with Crippen molar-refractivity contribution < 1.29 is 9.47 Å². The van der Waals surface area contributed by atoms with Crippen LogP contribution in [0.25, 0.3) is 11.3 Å². The monoisotopic (exact) mass is 319 g/mol. The highest BCUT2D eigenvalue weighted by atomic mass is 35.5. The maximum atomic E-state index is 6.28. The van der Waals surface area contributed by atoms with Gasteiger partial charge in [0.2, 0.25) is 6.79 Å². The summed E-state index contributed by atoms with van der Waals surface area (Å²) in [5.74, 6) is 1.79. The Bertz CT molecular complexity index is 817. The summed E-state index contributed by atoms with van der Waals surface area (Å²) in [4.78, 5) is 0. The first-order chi connectivity index (χ1) is 10.7. The van der Waals surface area contributed by atoms with E-state index in [9.17, 15) is 0 Å². The van der Waals surface area contributed by atoms with E-state index in [1.807, 2.05) is 6.92 Å². The molecule has 1 aromatic carbocycles. The van der Waals surface area contributed by atoms with Crippen LogP contribution in [0.5, 0.6) is 11.5 Å². The normalized spacial score (nSPS) is 14.3. The summed E-state index contributed by atoms with van der Waals surface area (Å²) in [6, 6.07) is 3.30. The number of tetrazole rings is 1. The fourth-order valence-corrected chi connectivity index (χ4v) is 2.42. The Hall–Kier alpha value is -2.68. The van der Waals surface area contributed by atoms with Gasteiger partial charge in [-0.05, 0) is 13.0 Å². The molecule has 0 spiro atoms. The standard InChI is InChI=1S/C12H10ClN7O2/c1-6(12-15-17-18-16-12)20-4-9(14-19-20)7-2-10-11(3-8(7)13)22-5-21-10/h2-4,6H,5H2,1H3,(H,15,16,17,18)/t6-/m1/s1. The lowest BCUT2D eigenvalue weighted by Gasteiger charge is -2.05. The SMILES string of the molecule is C[C@H](c1nn[nH]n1)n1cc(-c2cc3c(cc2Cl)OCO3)nn1. The zero-order valence-electron chi connectivity index (χ0n) is 11.4. The van der Waals surface area contributed by atoms with Crippen molar-refractivity contribution in [1.82, 2.24) is 35.6 Å². The molecular weight excluding hydrogens is 310 g/mol. The average Bonchev–Trinajstić information content (AvgIpc) is 3.26. The second-order valence-electron chi connectivity index (χ2n) is 4.72. The number of H-pyrrole nitrogens is 1. The van der Waals surface area contributed by atoms with Gasteiger partial charge in [-0.15, -0.1) is 15.3 Å². The van der Waals surface area contributed by atoms with Gasteiger partial charge in [0, 0.05) is 11.6 Å². The minimum atomic E-state index is -0.201. The molecule has 0 bridgehead atoms. The van der Waals surface area contributed by atoms with E-state index in [0.29, 0.717) is 28.0 Å². The number of hydrogen-bond donors (Lipinski definition) is 1. The highest BCUT2D eigenvalue weighted by Crippen LogP contribution is 2.40. The van der Waals surface area contributed by atoms with Crippen molar-refractivity contribution >= 4 is 11.6 Å². The number of nitrogens with zero attached hydrogens (tertiary/aromatic N) is 6. The molecule has 112 valence electrons. The molecule has 9 nitrogen and oxygen atoms in total. The van der Waals surface area contributed by atoms with Gasteiger partial charge < -0.3 is 9.47 Å². The second kappa shape index (κ2) is 4.95. The summed E-state index contributed by atoms with van der Waals surface area (Å²) < 4.78 is 12.3. The van der Waals surface area contributed by atoms with Gasteiger partial charge in [-0.1, -0.05) is 22.0 Å². The van der Waals surface area contributed by atoms with Crippen LogP contribution in [0.15, 0.2) is 18.3 Å². The lowest BCUT2D eigenvalue weighted by Crippen LogP contribution is -2.09. The third-order valence-electron chi connectivity index (χ3n) is 3.38. The van der Waals surface area contributed by atoms with E-state index in [4.69, 9.17) is 21.1 Å². The minimum absolute atomic E-state index is 0.191. The number of nitrogens with one attached hydrogen (secondary N) is 1. The van der Waals surface area contributed by atoms with E-state index in [1.165, 1.54) is 0 Å². The van der Waals surface area contributed by atoms with Gasteiger partial charge in [-0.3, -0.25) is 0 Å². The fraction of sp³-hybridized carbons (Fsp3) is 0.250. The van der Waals surface area contributed by atoms with Crippen LogP contribution in [0.4, 0.5) is 0 Å². The van der Waals surface area contributed by atoms with Crippen molar-refractivity contribution in [1.29, 1.82) is 0 Å². The predicted octanol–water partition coefficient (Wildman–Crippen LogP) is 1.45. The Morgan fingerprint density at radius 2 is 2.09 bits per heavy atom. The number of aromatic nitrogens is 7. The number of rotatable bonds is 3. The number of fused-ring (bicyclic) bond motifs is 1. The van der Waals surface area contributed by atoms with Gasteiger partial charge in [0.1, 0.15) is 11.7 Å². The Labute approximate surface area is 129 Å². The fourth-order valence-electron chi connectivity index (χ4n) is 2.17. The lowest BCUT2D eigenvalue weighted by molar-refractivity contribution is 0.174. The maximum Gasteiger partial charge on any atom is 0.231 e. The highest BCUT2D eigenvalue weighted by Gasteiger charge is 2.20. The van der Waals surface area contributed by atoms with E-state index in [2.05, 4.69) is 30.9 Å². The minimum Gasteiger partial charge on any atom is -0.454 e. The summed E-state index contributed by atoms with van der Waals surface area (Å²) in [7, 11) is 0. The van der Waals surface area contributed by atoms with Crippen LogP contribution >= 0.6 is 11.6 Å². The molecule has 0 aliphatic carbocycles. The third kappa shape index (κ3) is 2.06. The van der Waals surface area contributed by atoms with Crippen LogP contribution < -0.4 is 9.47 Å². The first-order valence-electron chi connectivity index (χ1n) is 6.47. The molecule has 10 heteroatoms. The number of halogens is 1. The largest absolute Gasteiger partial charge is 0.454 e. The quantitative estimate of drug-likeness (QED) is 0.779. The molecule has 0 fully saturated rings. The van der Waals surface area contributed by atoms with E-state index >= 15 is 0 Å². The van der Waals surface area contributed by atoms with Crippen molar-refractivity contribution in [2.45, 2.75) is 13.0 Å². The smallest absolute Gasteiger partial charge is 0.231 e. The van der Waals surface area contributed by atoms with Crippen molar-refractivity contribution in [3.8, 4) is 22.8 Å². The van der Waals surface area contributed by atoms with Crippen molar-refractivity contribution in [2.75, 3.05) is 6.79 Å². The molecule has 3 heterocycles. The average molecular weight is 320 g/mol. The molecule has 1 atom stereocenters. The van der Waals surface area contributed by atoms with Crippen molar-refractivity contribution in [3.05, 3.63) is 29.2 Å². The van der Waals surface area contributed by atoms with Gasteiger partial charge in [-0.2, -0.15) is 5.21 Å². The summed E-state index contributed by atoms with van der Waals surface area (Å²) in [6.07, 6.45) is 1.77. The van der Waals surface area contributed by atoms with Crippen LogP contribution in [0.3, 0.4) is 0 Å². The maximum absolute atomic E-state index is 6.28. The molecule has 0 amide bonds. The molecule has 2 aromatic heterocycles. The van der Waals surface area contributed by atoms with Crippen molar-refractivity contribution in [2.24, 2.45) is 0 Å². The van der Waals surface area contributed by atoms with Gasteiger partial charge in [0.25, 0.3) is 0 Å². The first kappa shape index (κ1) is 13.0. The molecular formula is C12H10ClN7O2. The second-order valence-corrected chi connectivity index (χ2v) is 5.12. The Balaban J connectivity index is 1.70. The Morgan fingerprint density at radius 1 is 1.27 bits per heavy atom. The number of ether oxygens (including phenoxy) is 2. The molecule has 0 saturated heterocycles. The highest BCUT2D eigenvalue weighted by molar-refractivity contribution is 6.33. The molecule has 1 aliphatic heterocycles. The molecule has 4 rings (SSSR count). The van der Waals surface area contributed by atoms with Crippen LogP contribution in [0.1, 0.15) is 18.8 Å². The van der Waals surface area contributed by atoms with Gasteiger partial charge in [0.05, 0.1) is 11.2 Å². The van der Waals surface area contributed by atoms with E-state index in [1.54, 1.807) is 23.0 Å². The number of hydrogen-bond acceptors (Lipinski definition) is 7. The summed E-state index contributed by atoms with van der Waals surface area (Å²) >= 11 is 6.28. The summed E-state index contributed by atoms with van der Waals surface area (Å²) in [6.45, 7) is 2.08. The van der Waals surface area contributed by atoms with Gasteiger partial charge in [0.15, 0.2) is 17.3 Å². The third-order valence-corrected chi connectivity index (χ3v) is 3.69. The topological polar surface area (TPSA) is 104 Å². The van der Waals surface area contributed by atoms with Crippen LogP contribution in [0, 0.1) is 0 Å². The van der Waals surface area contributed by atoms with Crippen LogP contribution in [-0.2, 0) is 0 Å². The lowest BCUT2D eigenvalue weighted by atomic mass is 10.1. The van der Waals surface area contributed by atoms with Gasteiger partial charge in [-0.25, -0.2) is 4.68 Å². The molecule has 0 radical (unpaired) electrons. The Morgan fingerprint density at radius 3 is 2.86 bits per heavy atom. The molecule has 1 N–H and O–H groups in total. The molecule has 1 aliphatic rings. The number of aromatic amines is 1.